The summed E-state index contributed by atoms with van der Waals surface area (Å²) in [6.45, 7) is 1.89. The first-order chi connectivity index (χ1) is 10.2. The summed E-state index contributed by atoms with van der Waals surface area (Å²) >= 11 is 0. The van der Waals surface area contributed by atoms with Gasteiger partial charge in [-0.25, -0.2) is 0 Å². The zero-order valence-electron chi connectivity index (χ0n) is 12.1. The number of amides is 1. The fourth-order valence-corrected chi connectivity index (χ4v) is 2.82. The first-order valence-electron chi connectivity index (χ1n) is 7.35. The van der Waals surface area contributed by atoms with Crippen LogP contribution in [0.4, 0.5) is 0 Å². The Balaban J connectivity index is 1.67. The molecule has 0 fully saturated rings. The van der Waals surface area contributed by atoms with Crippen LogP contribution in [0.5, 0.6) is 0 Å². The molecule has 1 unspecified atom stereocenters. The number of benzene rings is 1. The second-order valence-corrected chi connectivity index (χ2v) is 5.43. The van der Waals surface area contributed by atoms with Crippen LogP contribution in [0.15, 0.2) is 46.9 Å². The number of fused-ring (bicyclic) bond motifs is 1. The van der Waals surface area contributed by atoms with Gasteiger partial charge in [0.2, 0.25) is 5.91 Å². The molecule has 0 radical (unpaired) electrons. The molecule has 1 aliphatic carbocycles. The molecule has 3 nitrogen and oxygen atoms in total. The Kier molecular flexibility index (Phi) is 3.91. The highest BCUT2D eigenvalue weighted by Crippen LogP contribution is 2.29. The highest BCUT2D eigenvalue weighted by Gasteiger charge is 2.20. The van der Waals surface area contributed by atoms with Gasteiger partial charge in [0, 0.05) is 6.08 Å². The highest BCUT2D eigenvalue weighted by atomic mass is 16.3. The van der Waals surface area contributed by atoms with Gasteiger partial charge in [0.05, 0.1) is 6.04 Å². The number of aryl methyl sites for hydroxylation is 2. The number of nitrogens with one attached hydrogen (secondary N) is 1. The van der Waals surface area contributed by atoms with Gasteiger partial charge in [0.25, 0.3) is 0 Å². The maximum absolute atomic E-state index is 12.1. The zero-order valence-corrected chi connectivity index (χ0v) is 12.1. The lowest BCUT2D eigenvalue weighted by Crippen LogP contribution is -2.29. The van der Waals surface area contributed by atoms with Crippen LogP contribution in [0.25, 0.3) is 6.08 Å². The van der Waals surface area contributed by atoms with Crippen LogP contribution in [0.2, 0.25) is 0 Å². The third-order valence-corrected chi connectivity index (χ3v) is 3.85. The number of carbonyl (C=O) groups excluding carboxylic acids is 1. The lowest BCUT2D eigenvalue weighted by molar-refractivity contribution is -0.117. The summed E-state index contributed by atoms with van der Waals surface area (Å²) in [7, 11) is 0. The van der Waals surface area contributed by atoms with E-state index in [-0.39, 0.29) is 11.9 Å². The maximum Gasteiger partial charge on any atom is 0.244 e. The summed E-state index contributed by atoms with van der Waals surface area (Å²) in [4.78, 5) is 12.1. The van der Waals surface area contributed by atoms with E-state index in [4.69, 9.17) is 4.42 Å². The first kappa shape index (κ1) is 13.7. The lowest BCUT2D eigenvalue weighted by Gasteiger charge is -2.25. The molecule has 0 bridgehead atoms. The lowest BCUT2D eigenvalue weighted by atomic mass is 9.88. The highest BCUT2D eigenvalue weighted by molar-refractivity contribution is 5.91. The second-order valence-electron chi connectivity index (χ2n) is 5.43. The quantitative estimate of drug-likeness (QED) is 0.870. The van der Waals surface area contributed by atoms with Crippen LogP contribution in [0.3, 0.4) is 0 Å². The standard InChI is InChI=1S/C18H19NO2/c1-13-9-10-15(21-13)11-12-18(20)19-17-8-4-6-14-5-2-3-7-16(14)17/h2-3,5,7,9-12,17H,4,6,8H2,1H3,(H,19,20). The van der Waals surface area contributed by atoms with E-state index in [1.807, 2.05) is 25.1 Å². The van der Waals surface area contributed by atoms with Gasteiger partial charge >= 0.3 is 0 Å². The summed E-state index contributed by atoms with van der Waals surface area (Å²) in [5, 5.41) is 3.08. The fourth-order valence-electron chi connectivity index (χ4n) is 2.82. The maximum atomic E-state index is 12.1. The summed E-state index contributed by atoms with van der Waals surface area (Å²) < 4.78 is 5.41. The average Bonchev–Trinajstić information content (AvgIpc) is 2.91. The van der Waals surface area contributed by atoms with Crippen molar-refractivity contribution in [3.8, 4) is 0 Å². The van der Waals surface area contributed by atoms with Crippen molar-refractivity contribution < 1.29 is 9.21 Å². The van der Waals surface area contributed by atoms with Crippen molar-refractivity contribution in [3.05, 3.63) is 65.1 Å². The number of hydrogen-bond acceptors (Lipinski definition) is 2. The van der Waals surface area contributed by atoms with Crippen LogP contribution in [0.1, 0.15) is 41.5 Å². The Hall–Kier alpha value is -2.29. The van der Waals surface area contributed by atoms with Crippen molar-refractivity contribution in [2.75, 3.05) is 0 Å². The molecule has 1 atom stereocenters. The van der Waals surface area contributed by atoms with E-state index in [1.165, 1.54) is 17.2 Å². The smallest absolute Gasteiger partial charge is 0.244 e. The molecule has 1 heterocycles. The Morgan fingerprint density at radius 1 is 1.29 bits per heavy atom. The normalized spacial score (nSPS) is 17.7. The zero-order chi connectivity index (χ0) is 14.7. The SMILES string of the molecule is Cc1ccc(C=CC(=O)NC2CCCc3ccccc32)o1. The van der Waals surface area contributed by atoms with Crippen LogP contribution in [-0.4, -0.2) is 5.91 Å². The molecule has 1 aliphatic rings. The molecule has 2 aromatic rings. The third-order valence-electron chi connectivity index (χ3n) is 3.85. The van der Waals surface area contributed by atoms with Gasteiger partial charge in [-0.2, -0.15) is 0 Å². The molecule has 3 heteroatoms. The van der Waals surface area contributed by atoms with Gasteiger partial charge in [0.15, 0.2) is 0 Å². The molecule has 21 heavy (non-hydrogen) atoms. The monoisotopic (exact) mass is 281 g/mol. The minimum absolute atomic E-state index is 0.0780. The van der Waals surface area contributed by atoms with E-state index >= 15 is 0 Å². The molecule has 1 amide bonds. The Morgan fingerprint density at radius 3 is 2.95 bits per heavy atom. The van der Waals surface area contributed by atoms with Crippen molar-refractivity contribution in [2.24, 2.45) is 0 Å². The molecule has 3 rings (SSSR count). The summed E-state index contributed by atoms with van der Waals surface area (Å²) in [6, 6.07) is 12.2. The van der Waals surface area contributed by atoms with Crippen LogP contribution in [0, 0.1) is 6.92 Å². The molecule has 0 saturated heterocycles. The van der Waals surface area contributed by atoms with E-state index < -0.39 is 0 Å². The summed E-state index contributed by atoms with van der Waals surface area (Å²) in [5.41, 5.74) is 2.60. The van der Waals surface area contributed by atoms with E-state index in [9.17, 15) is 4.79 Å². The first-order valence-corrected chi connectivity index (χ1v) is 7.35. The van der Waals surface area contributed by atoms with Crippen molar-refractivity contribution >= 4 is 12.0 Å². The minimum atomic E-state index is -0.0780. The van der Waals surface area contributed by atoms with E-state index in [2.05, 4.69) is 23.5 Å². The Morgan fingerprint density at radius 2 is 2.14 bits per heavy atom. The molecular weight excluding hydrogens is 262 g/mol. The largest absolute Gasteiger partial charge is 0.462 e. The average molecular weight is 281 g/mol. The predicted molar refractivity (Wildman–Crippen MR) is 82.7 cm³/mol. The van der Waals surface area contributed by atoms with Crippen LogP contribution >= 0.6 is 0 Å². The molecule has 0 saturated carbocycles. The fraction of sp³-hybridized carbons (Fsp3) is 0.278. The molecular formula is C18H19NO2. The summed E-state index contributed by atoms with van der Waals surface area (Å²) in [6.07, 6.45) is 6.45. The molecule has 0 aliphatic heterocycles. The van der Waals surface area contributed by atoms with E-state index in [0.717, 1.165) is 25.0 Å². The Bertz CT molecular complexity index is 669. The Labute approximate surface area is 124 Å². The number of rotatable bonds is 3. The number of furan rings is 1. The minimum Gasteiger partial charge on any atom is -0.462 e. The molecule has 1 aromatic heterocycles. The topological polar surface area (TPSA) is 42.2 Å². The van der Waals surface area contributed by atoms with Gasteiger partial charge in [-0.1, -0.05) is 24.3 Å². The van der Waals surface area contributed by atoms with Crippen molar-refractivity contribution in [1.29, 1.82) is 0 Å². The second kappa shape index (κ2) is 6.00. The van der Waals surface area contributed by atoms with Gasteiger partial charge in [-0.05, 0) is 55.5 Å². The van der Waals surface area contributed by atoms with E-state index in [0.29, 0.717) is 5.76 Å². The molecule has 1 aromatic carbocycles. The van der Waals surface area contributed by atoms with Crippen LogP contribution in [-0.2, 0) is 11.2 Å². The van der Waals surface area contributed by atoms with Crippen molar-refractivity contribution in [1.82, 2.24) is 5.32 Å². The van der Waals surface area contributed by atoms with E-state index in [1.54, 1.807) is 6.08 Å². The van der Waals surface area contributed by atoms with Crippen LogP contribution < -0.4 is 5.32 Å². The van der Waals surface area contributed by atoms with Crippen molar-refractivity contribution in [2.45, 2.75) is 32.2 Å². The van der Waals surface area contributed by atoms with Gasteiger partial charge in [-0.15, -0.1) is 0 Å². The third kappa shape index (κ3) is 3.24. The summed E-state index contributed by atoms with van der Waals surface area (Å²) in [5.74, 6) is 1.47. The van der Waals surface area contributed by atoms with Gasteiger partial charge in [-0.3, -0.25) is 4.79 Å². The molecule has 1 N–H and O–H groups in total. The predicted octanol–water partition coefficient (Wildman–Crippen LogP) is 3.80. The molecule has 108 valence electrons. The van der Waals surface area contributed by atoms with Crippen molar-refractivity contribution in [3.63, 3.8) is 0 Å². The molecule has 0 spiro atoms. The number of hydrogen-bond donors (Lipinski definition) is 1. The number of carbonyl (C=O) groups is 1. The van der Waals surface area contributed by atoms with Gasteiger partial charge < -0.3 is 9.73 Å². The van der Waals surface area contributed by atoms with Gasteiger partial charge in [0.1, 0.15) is 11.5 Å².